The first kappa shape index (κ1) is 10.5. The van der Waals surface area contributed by atoms with E-state index >= 15 is 0 Å². The summed E-state index contributed by atoms with van der Waals surface area (Å²) in [6.07, 6.45) is 4.01. The Kier molecular flexibility index (Phi) is 3.62. The normalized spacial score (nSPS) is 17.7. The van der Waals surface area contributed by atoms with Crippen LogP contribution in [0, 0.1) is 6.92 Å². The highest BCUT2D eigenvalue weighted by atomic mass is 16.5. The zero-order valence-electron chi connectivity index (χ0n) is 9.41. The lowest BCUT2D eigenvalue weighted by atomic mass is 10.1. The van der Waals surface area contributed by atoms with Gasteiger partial charge < -0.3 is 4.74 Å². The van der Waals surface area contributed by atoms with Crippen LogP contribution in [0.5, 0.6) is 5.75 Å². The van der Waals surface area contributed by atoms with Crippen LogP contribution in [0.1, 0.15) is 24.8 Å². The lowest BCUT2D eigenvalue weighted by Gasteiger charge is -2.26. The third-order valence-electron chi connectivity index (χ3n) is 2.88. The van der Waals surface area contributed by atoms with Gasteiger partial charge in [-0.05, 0) is 31.9 Å². The number of piperidine rings is 1. The van der Waals surface area contributed by atoms with Crippen molar-refractivity contribution in [3.05, 3.63) is 29.8 Å². The summed E-state index contributed by atoms with van der Waals surface area (Å²) in [5.74, 6) is 0.978. The van der Waals surface area contributed by atoms with Crippen LogP contribution >= 0.6 is 0 Å². The Morgan fingerprint density at radius 3 is 2.40 bits per heavy atom. The molecule has 82 valence electrons. The van der Waals surface area contributed by atoms with Crippen molar-refractivity contribution in [1.29, 1.82) is 0 Å². The molecule has 0 unspecified atom stereocenters. The van der Waals surface area contributed by atoms with E-state index < -0.39 is 0 Å². The predicted molar refractivity (Wildman–Crippen MR) is 62.1 cm³/mol. The van der Waals surface area contributed by atoms with E-state index in [9.17, 15) is 0 Å². The average molecular weight is 205 g/mol. The highest BCUT2D eigenvalue weighted by molar-refractivity contribution is 5.26. The van der Waals surface area contributed by atoms with Crippen LogP contribution < -0.4 is 4.74 Å². The Balaban J connectivity index is 1.79. The molecule has 0 N–H and O–H groups in total. The fraction of sp³-hybridized carbons (Fsp3) is 0.538. The van der Waals surface area contributed by atoms with Gasteiger partial charge in [0.25, 0.3) is 0 Å². The van der Waals surface area contributed by atoms with Gasteiger partial charge in [0.15, 0.2) is 0 Å². The molecule has 0 radical (unpaired) electrons. The quantitative estimate of drug-likeness (QED) is 0.752. The van der Waals surface area contributed by atoms with Crippen molar-refractivity contribution >= 4 is 0 Å². The Bertz CT molecular complexity index is 288. The van der Waals surface area contributed by atoms with E-state index in [-0.39, 0.29) is 0 Å². The second-order valence-electron chi connectivity index (χ2n) is 4.27. The van der Waals surface area contributed by atoms with E-state index in [4.69, 9.17) is 4.74 Å². The van der Waals surface area contributed by atoms with Crippen LogP contribution in [0.2, 0.25) is 0 Å². The molecular weight excluding hydrogens is 186 g/mol. The van der Waals surface area contributed by atoms with Gasteiger partial charge in [0.1, 0.15) is 12.5 Å². The Labute approximate surface area is 91.9 Å². The molecule has 0 bridgehead atoms. The molecule has 0 saturated carbocycles. The number of hydrogen-bond acceptors (Lipinski definition) is 2. The van der Waals surface area contributed by atoms with Crippen molar-refractivity contribution in [1.82, 2.24) is 4.90 Å². The summed E-state index contributed by atoms with van der Waals surface area (Å²) < 4.78 is 5.73. The van der Waals surface area contributed by atoms with Crippen LogP contribution in [-0.4, -0.2) is 24.7 Å². The number of ether oxygens (including phenoxy) is 1. The first-order chi connectivity index (χ1) is 7.34. The Hall–Kier alpha value is -1.02. The Morgan fingerprint density at radius 1 is 1.07 bits per heavy atom. The summed E-state index contributed by atoms with van der Waals surface area (Å²) in [6, 6.07) is 8.26. The molecule has 1 aliphatic rings. The molecule has 0 spiro atoms. The van der Waals surface area contributed by atoms with Gasteiger partial charge in [0.2, 0.25) is 0 Å². The van der Waals surface area contributed by atoms with Crippen LogP contribution in [-0.2, 0) is 0 Å². The third kappa shape index (κ3) is 3.24. The van der Waals surface area contributed by atoms with Crippen molar-refractivity contribution in [2.45, 2.75) is 26.2 Å². The molecule has 0 amide bonds. The number of aryl methyl sites for hydroxylation is 1. The van der Waals surface area contributed by atoms with Gasteiger partial charge in [0, 0.05) is 13.1 Å². The van der Waals surface area contributed by atoms with E-state index in [0.717, 1.165) is 12.5 Å². The minimum atomic E-state index is 0.739. The summed E-state index contributed by atoms with van der Waals surface area (Å²) in [7, 11) is 0. The largest absolute Gasteiger partial charge is 0.478 e. The van der Waals surface area contributed by atoms with Crippen molar-refractivity contribution in [3.63, 3.8) is 0 Å². The maximum absolute atomic E-state index is 5.73. The lowest BCUT2D eigenvalue weighted by molar-refractivity contribution is 0.106. The number of benzene rings is 1. The van der Waals surface area contributed by atoms with Crippen molar-refractivity contribution < 1.29 is 4.74 Å². The molecule has 15 heavy (non-hydrogen) atoms. The van der Waals surface area contributed by atoms with Crippen LogP contribution in [0.4, 0.5) is 0 Å². The fourth-order valence-electron chi connectivity index (χ4n) is 1.89. The fourth-order valence-corrected chi connectivity index (χ4v) is 1.89. The minimum Gasteiger partial charge on any atom is -0.478 e. The highest BCUT2D eigenvalue weighted by Crippen LogP contribution is 2.13. The maximum atomic E-state index is 5.73. The zero-order valence-corrected chi connectivity index (χ0v) is 9.41. The molecule has 1 aliphatic heterocycles. The summed E-state index contributed by atoms with van der Waals surface area (Å²) in [6.45, 7) is 5.20. The second-order valence-corrected chi connectivity index (χ2v) is 4.27. The van der Waals surface area contributed by atoms with Gasteiger partial charge in [-0.1, -0.05) is 24.1 Å². The first-order valence-electron chi connectivity index (χ1n) is 5.76. The summed E-state index contributed by atoms with van der Waals surface area (Å²) in [4.78, 5) is 2.38. The highest BCUT2D eigenvalue weighted by Gasteiger charge is 2.09. The van der Waals surface area contributed by atoms with Crippen molar-refractivity contribution in [2.75, 3.05) is 19.8 Å². The molecule has 1 aromatic rings. The van der Waals surface area contributed by atoms with Crippen molar-refractivity contribution in [3.8, 4) is 5.75 Å². The molecule has 2 heteroatoms. The molecule has 0 atom stereocenters. The van der Waals surface area contributed by atoms with Gasteiger partial charge in [0.05, 0.1) is 0 Å². The van der Waals surface area contributed by atoms with Crippen LogP contribution in [0.25, 0.3) is 0 Å². The van der Waals surface area contributed by atoms with Gasteiger partial charge in [-0.2, -0.15) is 0 Å². The summed E-state index contributed by atoms with van der Waals surface area (Å²) in [5, 5.41) is 0. The molecule has 0 aromatic heterocycles. The van der Waals surface area contributed by atoms with E-state index in [1.165, 1.54) is 37.9 Å². The lowest BCUT2D eigenvalue weighted by Crippen LogP contribution is -2.33. The van der Waals surface area contributed by atoms with Gasteiger partial charge >= 0.3 is 0 Å². The topological polar surface area (TPSA) is 12.5 Å². The number of rotatable bonds is 3. The number of hydrogen-bond donors (Lipinski definition) is 0. The van der Waals surface area contributed by atoms with E-state index in [1.807, 2.05) is 12.1 Å². The van der Waals surface area contributed by atoms with Gasteiger partial charge in [-0.3, -0.25) is 4.90 Å². The minimum absolute atomic E-state index is 0.739. The smallest absolute Gasteiger partial charge is 0.142 e. The van der Waals surface area contributed by atoms with Gasteiger partial charge in [-0.25, -0.2) is 0 Å². The predicted octanol–water partition coefficient (Wildman–Crippen LogP) is 2.82. The standard InChI is InChI=1S/C13H19NO/c1-12-5-7-13(8-6-12)15-11-14-9-3-2-4-10-14/h5-8H,2-4,9-11H2,1H3. The van der Waals surface area contributed by atoms with Gasteiger partial charge in [-0.15, -0.1) is 0 Å². The molecule has 2 nitrogen and oxygen atoms in total. The van der Waals surface area contributed by atoms with Crippen molar-refractivity contribution in [2.24, 2.45) is 0 Å². The molecule has 1 aromatic carbocycles. The number of nitrogens with zero attached hydrogens (tertiary/aromatic N) is 1. The summed E-state index contributed by atoms with van der Waals surface area (Å²) >= 11 is 0. The molecule has 2 rings (SSSR count). The summed E-state index contributed by atoms with van der Waals surface area (Å²) in [5.41, 5.74) is 1.28. The molecule has 0 aliphatic carbocycles. The molecule has 1 fully saturated rings. The second kappa shape index (κ2) is 5.17. The van der Waals surface area contributed by atoms with Crippen LogP contribution in [0.3, 0.4) is 0 Å². The average Bonchev–Trinajstić information content (AvgIpc) is 2.30. The first-order valence-corrected chi connectivity index (χ1v) is 5.76. The monoisotopic (exact) mass is 205 g/mol. The Morgan fingerprint density at radius 2 is 1.73 bits per heavy atom. The number of likely N-dealkylation sites (tertiary alicyclic amines) is 1. The molecule has 1 saturated heterocycles. The SMILES string of the molecule is Cc1ccc(OCN2CCCCC2)cc1. The van der Waals surface area contributed by atoms with E-state index in [1.54, 1.807) is 0 Å². The third-order valence-corrected chi connectivity index (χ3v) is 2.88. The molecule has 1 heterocycles. The van der Waals surface area contributed by atoms with E-state index in [0.29, 0.717) is 0 Å². The van der Waals surface area contributed by atoms with E-state index in [2.05, 4.69) is 24.0 Å². The molecular formula is C13H19NO. The maximum Gasteiger partial charge on any atom is 0.142 e. The van der Waals surface area contributed by atoms with Crippen LogP contribution in [0.15, 0.2) is 24.3 Å². The zero-order chi connectivity index (χ0) is 10.5.